The van der Waals surface area contributed by atoms with E-state index in [4.69, 9.17) is 4.74 Å². The molecule has 0 aliphatic heterocycles. The monoisotopic (exact) mass is 287 g/mol. The van der Waals surface area contributed by atoms with Crippen LogP contribution in [0.15, 0.2) is 30.6 Å². The predicted octanol–water partition coefficient (Wildman–Crippen LogP) is 1.97. The number of benzene rings is 1. The van der Waals surface area contributed by atoms with Gasteiger partial charge in [0.1, 0.15) is 5.54 Å². The third-order valence-corrected chi connectivity index (χ3v) is 4.31. The molecular formula is C16H21N3O2. The molecule has 1 N–H and O–H groups in total. The molecule has 0 amide bonds. The van der Waals surface area contributed by atoms with Crippen LogP contribution in [-0.4, -0.2) is 34.7 Å². The number of fused-ring (bicyclic) bond motifs is 1. The minimum Gasteiger partial charge on any atom is -0.465 e. The van der Waals surface area contributed by atoms with Gasteiger partial charge in [-0.3, -0.25) is 0 Å². The van der Waals surface area contributed by atoms with Crippen LogP contribution in [0.1, 0.15) is 19.8 Å². The van der Waals surface area contributed by atoms with Crippen LogP contribution < -0.4 is 5.32 Å². The number of carbonyl (C=O) groups excluding carboxylic acids is 1. The zero-order chi connectivity index (χ0) is 14.9. The number of ether oxygens (including phenoxy) is 1. The molecule has 0 radical (unpaired) electrons. The molecule has 1 unspecified atom stereocenters. The van der Waals surface area contributed by atoms with E-state index in [2.05, 4.69) is 10.3 Å². The number of esters is 1. The number of carbonyl (C=O) groups is 1. The number of nitrogens with zero attached hydrogens (tertiary/aromatic N) is 2. The summed E-state index contributed by atoms with van der Waals surface area (Å²) < 4.78 is 7.37. The van der Waals surface area contributed by atoms with Gasteiger partial charge in [-0.05, 0) is 44.9 Å². The molecule has 21 heavy (non-hydrogen) atoms. The Kier molecular flexibility index (Phi) is 3.68. The molecule has 5 nitrogen and oxygen atoms in total. The van der Waals surface area contributed by atoms with Gasteiger partial charge in [0.05, 0.1) is 30.5 Å². The minimum atomic E-state index is -0.653. The lowest BCUT2D eigenvalue weighted by molar-refractivity contribution is -0.152. The highest BCUT2D eigenvalue weighted by molar-refractivity contribution is 5.82. The number of rotatable bonds is 6. The molecule has 1 aliphatic rings. The second kappa shape index (κ2) is 5.48. The molecule has 1 saturated carbocycles. The molecule has 5 heteroatoms. The maximum atomic E-state index is 12.5. The molecular weight excluding hydrogens is 266 g/mol. The number of nitrogens with one attached hydrogen (secondary N) is 1. The van der Waals surface area contributed by atoms with Gasteiger partial charge in [-0.1, -0.05) is 12.1 Å². The zero-order valence-electron chi connectivity index (χ0n) is 12.5. The summed E-state index contributed by atoms with van der Waals surface area (Å²) in [6.45, 7) is 2.80. The van der Waals surface area contributed by atoms with E-state index >= 15 is 0 Å². The van der Waals surface area contributed by atoms with Gasteiger partial charge < -0.3 is 14.6 Å². The van der Waals surface area contributed by atoms with Crippen molar-refractivity contribution in [2.24, 2.45) is 5.92 Å². The van der Waals surface area contributed by atoms with Gasteiger partial charge in [0, 0.05) is 0 Å². The van der Waals surface area contributed by atoms with Gasteiger partial charge in [-0.15, -0.1) is 0 Å². The lowest BCUT2D eigenvalue weighted by Gasteiger charge is -2.31. The molecule has 0 saturated heterocycles. The third kappa shape index (κ3) is 2.42. The highest BCUT2D eigenvalue weighted by Crippen LogP contribution is 2.41. The highest BCUT2D eigenvalue weighted by Gasteiger charge is 2.51. The number of hydrogen-bond acceptors (Lipinski definition) is 4. The van der Waals surface area contributed by atoms with Crippen molar-refractivity contribution < 1.29 is 9.53 Å². The molecule has 1 aromatic heterocycles. The fourth-order valence-corrected chi connectivity index (χ4v) is 2.99. The smallest absolute Gasteiger partial charge is 0.328 e. The summed E-state index contributed by atoms with van der Waals surface area (Å²) in [5.74, 6) is 0.176. The van der Waals surface area contributed by atoms with Crippen molar-refractivity contribution in [1.29, 1.82) is 0 Å². The van der Waals surface area contributed by atoms with Crippen LogP contribution in [0.25, 0.3) is 11.0 Å². The van der Waals surface area contributed by atoms with Gasteiger partial charge in [-0.25, -0.2) is 9.78 Å². The van der Waals surface area contributed by atoms with Crippen LogP contribution >= 0.6 is 0 Å². The second-order valence-corrected chi connectivity index (χ2v) is 5.58. The fraction of sp³-hybridized carbons (Fsp3) is 0.500. The van der Waals surface area contributed by atoms with E-state index < -0.39 is 5.54 Å². The Hall–Kier alpha value is -1.88. The van der Waals surface area contributed by atoms with E-state index in [9.17, 15) is 4.79 Å². The van der Waals surface area contributed by atoms with Crippen LogP contribution in [0.4, 0.5) is 0 Å². The first kappa shape index (κ1) is 14.1. The lowest BCUT2D eigenvalue weighted by atomic mass is 9.93. The van der Waals surface area contributed by atoms with E-state index in [1.54, 1.807) is 6.33 Å². The summed E-state index contributed by atoms with van der Waals surface area (Å²) >= 11 is 0. The van der Waals surface area contributed by atoms with Crippen LogP contribution in [-0.2, 0) is 16.1 Å². The van der Waals surface area contributed by atoms with Crippen molar-refractivity contribution in [3.05, 3.63) is 30.6 Å². The number of para-hydroxylation sites is 2. The number of hydrogen-bond donors (Lipinski definition) is 1. The molecule has 1 fully saturated rings. The molecule has 0 bridgehead atoms. The number of likely N-dealkylation sites (N-methyl/N-ethyl adjacent to an activating group) is 1. The summed E-state index contributed by atoms with van der Waals surface area (Å²) in [6, 6.07) is 7.97. The standard InChI is InChI=1S/C16H21N3O2/c1-3-21-15(20)16(17-2,12-8-9-12)10-19-11-18-13-6-4-5-7-14(13)19/h4-7,11-12,17H,3,8-10H2,1-2H3. The van der Waals surface area contributed by atoms with E-state index in [0.717, 1.165) is 23.9 Å². The van der Waals surface area contributed by atoms with Crippen molar-refractivity contribution in [2.75, 3.05) is 13.7 Å². The molecule has 1 heterocycles. The Morgan fingerprint density at radius 3 is 2.90 bits per heavy atom. The maximum Gasteiger partial charge on any atom is 0.328 e. The topological polar surface area (TPSA) is 56.2 Å². The molecule has 0 spiro atoms. The van der Waals surface area contributed by atoms with Gasteiger partial charge in [-0.2, -0.15) is 0 Å². The molecule has 1 aromatic carbocycles. The quantitative estimate of drug-likeness (QED) is 0.825. The summed E-state index contributed by atoms with van der Waals surface area (Å²) in [4.78, 5) is 16.9. The van der Waals surface area contributed by atoms with Crippen LogP contribution in [0.5, 0.6) is 0 Å². The number of aromatic nitrogens is 2. The Labute approximate surface area is 124 Å². The average Bonchev–Trinajstić information content (AvgIpc) is 3.28. The predicted molar refractivity (Wildman–Crippen MR) is 80.9 cm³/mol. The SMILES string of the molecule is CCOC(=O)C(Cn1cnc2ccccc21)(NC)C1CC1. The Bertz CT molecular complexity index is 648. The highest BCUT2D eigenvalue weighted by atomic mass is 16.5. The van der Waals surface area contributed by atoms with Crippen LogP contribution in [0.2, 0.25) is 0 Å². The number of imidazole rings is 1. The summed E-state index contributed by atoms with van der Waals surface area (Å²) in [6.07, 6.45) is 3.93. The van der Waals surface area contributed by atoms with E-state index in [-0.39, 0.29) is 5.97 Å². The Morgan fingerprint density at radius 2 is 2.24 bits per heavy atom. The van der Waals surface area contributed by atoms with Gasteiger partial charge in [0.2, 0.25) is 0 Å². The van der Waals surface area contributed by atoms with E-state index in [1.807, 2.05) is 42.8 Å². The van der Waals surface area contributed by atoms with Gasteiger partial charge in [0.15, 0.2) is 0 Å². The first-order chi connectivity index (χ1) is 10.2. The normalized spacial score (nSPS) is 17.6. The summed E-state index contributed by atoms with van der Waals surface area (Å²) in [7, 11) is 1.84. The van der Waals surface area contributed by atoms with Crippen molar-refractivity contribution in [2.45, 2.75) is 31.8 Å². The van der Waals surface area contributed by atoms with Crippen molar-refractivity contribution >= 4 is 17.0 Å². The van der Waals surface area contributed by atoms with Crippen molar-refractivity contribution in [3.8, 4) is 0 Å². The fourth-order valence-electron chi connectivity index (χ4n) is 2.99. The van der Waals surface area contributed by atoms with E-state index in [1.165, 1.54) is 0 Å². The first-order valence-electron chi connectivity index (χ1n) is 7.47. The van der Waals surface area contributed by atoms with Crippen LogP contribution in [0.3, 0.4) is 0 Å². The Balaban J connectivity index is 1.96. The van der Waals surface area contributed by atoms with Crippen molar-refractivity contribution in [3.63, 3.8) is 0 Å². The molecule has 1 aliphatic carbocycles. The van der Waals surface area contributed by atoms with Gasteiger partial charge >= 0.3 is 5.97 Å². The zero-order valence-corrected chi connectivity index (χ0v) is 12.5. The summed E-state index contributed by atoms with van der Waals surface area (Å²) in [5, 5.41) is 3.24. The lowest BCUT2D eigenvalue weighted by Crippen LogP contribution is -2.56. The third-order valence-electron chi connectivity index (χ3n) is 4.31. The Morgan fingerprint density at radius 1 is 1.48 bits per heavy atom. The van der Waals surface area contributed by atoms with Gasteiger partial charge in [0.25, 0.3) is 0 Å². The molecule has 112 valence electrons. The molecule has 1 atom stereocenters. The first-order valence-corrected chi connectivity index (χ1v) is 7.47. The van der Waals surface area contributed by atoms with E-state index in [0.29, 0.717) is 19.1 Å². The largest absolute Gasteiger partial charge is 0.465 e. The van der Waals surface area contributed by atoms with Crippen LogP contribution in [0, 0.1) is 5.92 Å². The average molecular weight is 287 g/mol. The second-order valence-electron chi connectivity index (χ2n) is 5.58. The molecule has 3 rings (SSSR count). The maximum absolute atomic E-state index is 12.5. The molecule has 2 aromatic rings. The minimum absolute atomic E-state index is 0.159. The van der Waals surface area contributed by atoms with Crippen molar-refractivity contribution in [1.82, 2.24) is 14.9 Å². The summed E-state index contributed by atoms with van der Waals surface area (Å²) in [5.41, 5.74) is 1.34.